The Morgan fingerprint density at radius 2 is 2.12 bits per heavy atom. The molecule has 0 saturated heterocycles. The van der Waals surface area contributed by atoms with Crippen LogP contribution in [0.5, 0.6) is 5.75 Å². The zero-order chi connectivity index (χ0) is 12.5. The van der Waals surface area contributed by atoms with Gasteiger partial charge in [0.15, 0.2) is 0 Å². The van der Waals surface area contributed by atoms with Crippen molar-refractivity contribution in [1.29, 1.82) is 0 Å². The Morgan fingerprint density at radius 3 is 2.76 bits per heavy atom. The average Bonchev–Trinajstić information content (AvgIpc) is 2.39. The van der Waals surface area contributed by atoms with Crippen LogP contribution in [0.2, 0.25) is 0 Å². The van der Waals surface area contributed by atoms with Crippen molar-refractivity contribution in [1.82, 2.24) is 5.32 Å². The van der Waals surface area contributed by atoms with Crippen molar-refractivity contribution in [2.45, 2.75) is 25.8 Å². The fraction of sp³-hybridized carbons (Fsp3) is 0.571. The number of methoxy groups -OCH3 is 2. The van der Waals surface area contributed by atoms with Crippen LogP contribution in [0.25, 0.3) is 0 Å². The third kappa shape index (κ3) is 4.75. The molecule has 0 bridgehead atoms. The quantitative estimate of drug-likeness (QED) is 0.754. The van der Waals surface area contributed by atoms with Crippen LogP contribution in [-0.4, -0.2) is 27.4 Å². The molecule has 0 aromatic heterocycles. The summed E-state index contributed by atoms with van der Waals surface area (Å²) in [5.74, 6) is 0.906. The molecule has 0 heterocycles. The van der Waals surface area contributed by atoms with E-state index >= 15 is 0 Å². The minimum atomic E-state index is 0.338. The maximum absolute atomic E-state index is 5.25. The van der Waals surface area contributed by atoms with Crippen molar-refractivity contribution < 1.29 is 9.47 Å². The molecule has 0 aliphatic rings. The van der Waals surface area contributed by atoms with E-state index in [1.165, 1.54) is 5.56 Å². The van der Waals surface area contributed by atoms with Crippen molar-refractivity contribution in [2.75, 3.05) is 27.4 Å². The van der Waals surface area contributed by atoms with Crippen molar-refractivity contribution in [3.05, 3.63) is 29.8 Å². The molecule has 1 atom stereocenters. The fourth-order valence-electron chi connectivity index (χ4n) is 1.80. The molecule has 96 valence electrons. The van der Waals surface area contributed by atoms with Gasteiger partial charge in [-0.3, -0.25) is 0 Å². The third-order valence-electron chi connectivity index (χ3n) is 2.75. The highest BCUT2D eigenvalue weighted by Crippen LogP contribution is 2.21. The molecule has 3 nitrogen and oxygen atoms in total. The number of hydrogen-bond donors (Lipinski definition) is 1. The van der Waals surface area contributed by atoms with E-state index in [-0.39, 0.29) is 0 Å². The first-order valence-electron chi connectivity index (χ1n) is 6.18. The van der Waals surface area contributed by atoms with Gasteiger partial charge in [-0.1, -0.05) is 19.1 Å². The van der Waals surface area contributed by atoms with Crippen LogP contribution in [0.1, 0.15) is 31.4 Å². The van der Waals surface area contributed by atoms with Crippen LogP contribution >= 0.6 is 0 Å². The molecular formula is C14H23NO2. The number of ether oxygens (including phenoxy) is 2. The normalized spacial score (nSPS) is 12.4. The minimum absolute atomic E-state index is 0.338. The van der Waals surface area contributed by atoms with Gasteiger partial charge in [-0.05, 0) is 37.1 Å². The van der Waals surface area contributed by atoms with Gasteiger partial charge >= 0.3 is 0 Å². The highest BCUT2D eigenvalue weighted by molar-refractivity contribution is 5.30. The number of benzene rings is 1. The first kappa shape index (κ1) is 14.0. The van der Waals surface area contributed by atoms with Gasteiger partial charge in [-0.15, -0.1) is 0 Å². The van der Waals surface area contributed by atoms with E-state index in [0.29, 0.717) is 6.04 Å². The Balaban J connectivity index is 2.71. The van der Waals surface area contributed by atoms with Gasteiger partial charge in [0, 0.05) is 19.8 Å². The molecule has 0 spiro atoms. The monoisotopic (exact) mass is 237 g/mol. The van der Waals surface area contributed by atoms with Crippen LogP contribution in [0.3, 0.4) is 0 Å². The average molecular weight is 237 g/mol. The van der Waals surface area contributed by atoms with Gasteiger partial charge in [0.05, 0.1) is 7.11 Å². The number of hydrogen-bond acceptors (Lipinski definition) is 3. The zero-order valence-electron chi connectivity index (χ0n) is 11.0. The maximum atomic E-state index is 5.25. The van der Waals surface area contributed by atoms with Crippen LogP contribution < -0.4 is 10.1 Å². The minimum Gasteiger partial charge on any atom is -0.497 e. The van der Waals surface area contributed by atoms with Crippen LogP contribution in [0, 0.1) is 0 Å². The molecule has 0 aliphatic heterocycles. The maximum Gasteiger partial charge on any atom is 0.119 e. The Hall–Kier alpha value is -1.06. The molecule has 1 rings (SSSR count). The predicted octanol–water partition coefficient (Wildman–Crippen LogP) is 2.77. The van der Waals surface area contributed by atoms with Crippen molar-refractivity contribution in [2.24, 2.45) is 0 Å². The van der Waals surface area contributed by atoms with Crippen LogP contribution in [-0.2, 0) is 4.74 Å². The van der Waals surface area contributed by atoms with E-state index in [1.807, 2.05) is 12.1 Å². The lowest BCUT2D eigenvalue weighted by Gasteiger charge is -2.19. The molecule has 0 amide bonds. The Kier molecular flexibility index (Phi) is 6.67. The van der Waals surface area contributed by atoms with Gasteiger partial charge in [0.2, 0.25) is 0 Å². The summed E-state index contributed by atoms with van der Waals surface area (Å²) in [7, 11) is 3.44. The summed E-state index contributed by atoms with van der Waals surface area (Å²) in [6.45, 7) is 3.95. The molecule has 0 fully saturated rings. The highest BCUT2D eigenvalue weighted by Gasteiger charge is 2.10. The summed E-state index contributed by atoms with van der Waals surface area (Å²) in [5.41, 5.74) is 1.26. The second-order valence-corrected chi connectivity index (χ2v) is 4.06. The van der Waals surface area contributed by atoms with E-state index in [4.69, 9.17) is 9.47 Å². The van der Waals surface area contributed by atoms with E-state index in [0.717, 1.165) is 31.7 Å². The van der Waals surface area contributed by atoms with Crippen LogP contribution in [0.15, 0.2) is 24.3 Å². The molecular weight excluding hydrogens is 214 g/mol. The molecule has 0 radical (unpaired) electrons. The first-order chi connectivity index (χ1) is 8.31. The topological polar surface area (TPSA) is 30.5 Å². The molecule has 17 heavy (non-hydrogen) atoms. The standard InChI is InChI=1S/C14H23NO2/c1-4-9-15-14(8-10-16-2)12-6-5-7-13(11-12)17-3/h5-7,11,14-15H,4,8-10H2,1-3H3. The number of rotatable bonds is 8. The molecule has 0 aliphatic carbocycles. The van der Waals surface area contributed by atoms with Gasteiger partial charge in [0.1, 0.15) is 5.75 Å². The first-order valence-corrected chi connectivity index (χ1v) is 6.18. The fourth-order valence-corrected chi connectivity index (χ4v) is 1.80. The summed E-state index contributed by atoms with van der Waals surface area (Å²) >= 11 is 0. The zero-order valence-corrected chi connectivity index (χ0v) is 11.0. The molecule has 1 aromatic carbocycles. The SMILES string of the molecule is CCCNC(CCOC)c1cccc(OC)c1. The van der Waals surface area contributed by atoms with E-state index in [1.54, 1.807) is 14.2 Å². The van der Waals surface area contributed by atoms with Gasteiger partial charge in [-0.2, -0.15) is 0 Å². The summed E-state index contributed by atoms with van der Waals surface area (Å²) in [5, 5.41) is 3.54. The summed E-state index contributed by atoms with van der Waals surface area (Å²) in [4.78, 5) is 0. The van der Waals surface area contributed by atoms with Crippen molar-refractivity contribution in [3.8, 4) is 5.75 Å². The van der Waals surface area contributed by atoms with Gasteiger partial charge < -0.3 is 14.8 Å². The molecule has 3 heteroatoms. The molecule has 1 aromatic rings. The molecule has 1 unspecified atom stereocenters. The van der Waals surface area contributed by atoms with E-state index in [2.05, 4.69) is 24.4 Å². The van der Waals surface area contributed by atoms with Gasteiger partial charge in [0.25, 0.3) is 0 Å². The lowest BCUT2D eigenvalue weighted by molar-refractivity contribution is 0.183. The van der Waals surface area contributed by atoms with E-state index in [9.17, 15) is 0 Å². The van der Waals surface area contributed by atoms with Crippen LogP contribution in [0.4, 0.5) is 0 Å². The van der Waals surface area contributed by atoms with Gasteiger partial charge in [-0.25, -0.2) is 0 Å². The Labute approximate surface area is 104 Å². The summed E-state index contributed by atoms with van der Waals surface area (Å²) in [6.07, 6.45) is 2.11. The summed E-state index contributed by atoms with van der Waals surface area (Å²) in [6, 6.07) is 8.55. The van der Waals surface area contributed by atoms with Crippen molar-refractivity contribution in [3.63, 3.8) is 0 Å². The number of nitrogens with one attached hydrogen (secondary N) is 1. The molecule has 1 N–H and O–H groups in total. The van der Waals surface area contributed by atoms with Crippen molar-refractivity contribution >= 4 is 0 Å². The largest absolute Gasteiger partial charge is 0.497 e. The Morgan fingerprint density at radius 1 is 1.29 bits per heavy atom. The highest BCUT2D eigenvalue weighted by atomic mass is 16.5. The second-order valence-electron chi connectivity index (χ2n) is 4.06. The smallest absolute Gasteiger partial charge is 0.119 e. The Bertz CT molecular complexity index is 307. The molecule has 0 saturated carbocycles. The van der Waals surface area contributed by atoms with E-state index < -0.39 is 0 Å². The third-order valence-corrected chi connectivity index (χ3v) is 2.75. The second kappa shape index (κ2) is 8.09. The lowest BCUT2D eigenvalue weighted by atomic mass is 10.0. The lowest BCUT2D eigenvalue weighted by Crippen LogP contribution is -2.23. The summed E-state index contributed by atoms with van der Waals surface area (Å²) < 4.78 is 10.4. The predicted molar refractivity (Wildman–Crippen MR) is 70.5 cm³/mol.